The van der Waals surface area contributed by atoms with Crippen LogP contribution >= 0.6 is 11.8 Å². The molecule has 4 aromatic rings. The van der Waals surface area contributed by atoms with Gasteiger partial charge in [0.05, 0.1) is 18.4 Å². The van der Waals surface area contributed by atoms with Crippen molar-refractivity contribution in [2.24, 2.45) is 0 Å². The Balaban J connectivity index is 1.40. The van der Waals surface area contributed by atoms with Gasteiger partial charge in [-0.1, -0.05) is 48.2 Å². The second kappa shape index (κ2) is 10.6. The lowest BCUT2D eigenvalue weighted by Crippen LogP contribution is -2.27. The van der Waals surface area contributed by atoms with Gasteiger partial charge in [-0.15, -0.1) is 10.2 Å². The van der Waals surface area contributed by atoms with Crippen LogP contribution in [0.1, 0.15) is 12.8 Å². The fourth-order valence-corrected chi connectivity index (χ4v) is 4.85. The number of hydrogen-bond acceptors (Lipinski definition) is 6. The van der Waals surface area contributed by atoms with Crippen LogP contribution in [0.3, 0.4) is 0 Å². The second-order valence-electron chi connectivity index (χ2n) is 7.98. The summed E-state index contributed by atoms with van der Waals surface area (Å²) in [5, 5.41) is 9.60. The Morgan fingerprint density at radius 2 is 1.65 bits per heavy atom. The summed E-state index contributed by atoms with van der Waals surface area (Å²) in [6.07, 6.45) is 5.67. The standard InChI is InChI=1S/C26H25N5O2S/c32-24(31(21-8-3-1-4-9-21)22-10-5-2-6-11-22)19-34-26-29-28-25(20-13-15-27-16-14-20)30(26)18-23-12-7-17-33-23/h1-6,8-11,13-16,23H,7,12,17-19H2/t23-/m0/s1. The molecule has 0 aliphatic carbocycles. The molecule has 3 heterocycles. The molecule has 2 aromatic heterocycles. The largest absolute Gasteiger partial charge is 0.376 e. The Bertz CT molecular complexity index is 1170. The molecule has 34 heavy (non-hydrogen) atoms. The molecule has 5 rings (SSSR count). The average molecular weight is 472 g/mol. The van der Waals surface area contributed by atoms with Crippen molar-refractivity contribution in [3.8, 4) is 11.4 Å². The lowest BCUT2D eigenvalue weighted by molar-refractivity contribution is -0.115. The molecule has 1 fully saturated rings. The maximum absolute atomic E-state index is 13.5. The third-order valence-corrected chi connectivity index (χ3v) is 6.62. The number of nitrogens with zero attached hydrogens (tertiary/aromatic N) is 5. The van der Waals surface area contributed by atoms with E-state index in [9.17, 15) is 4.79 Å². The van der Waals surface area contributed by atoms with E-state index in [1.807, 2.05) is 72.8 Å². The van der Waals surface area contributed by atoms with E-state index in [2.05, 4.69) is 19.7 Å². The van der Waals surface area contributed by atoms with E-state index in [1.54, 1.807) is 17.3 Å². The highest BCUT2D eigenvalue weighted by Gasteiger charge is 2.24. The molecular formula is C26H25N5O2S. The fraction of sp³-hybridized carbons (Fsp3) is 0.231. The molecule has 1 saturated heterocycles. The first kappa shape index (κ1) is 22.3. The Kier molecular flexibility index (Phi) is 6.97. The molecule has 0 spiro atoms. The number of ether oxygens (including phenoxy) is 1. The fourth-order valence-electron chi connectivity index (χ4n) is 4.05. The van der Waals surface area contributed by atoms with E-state index >= 15 is 0 Å². The van der Waals surface area contributed by atoms with Crippen molar-refractivity contribution in [3.05, 3.63) is 85.2 Å². The SMILES string of the molecule is O=C(CSc1nnc(-c2ccncc2)n1C[C@@H]1CCCO1)N(c1ccccc1)c1ccccc1. The topological polar surface area (TPSA) is 73.1 Å². The van der Waals surface area contributed by atoms with Crippen LogP contribution in [0.15, 0.2) is 90.3 Å². The Morgan fingerprint density at radius 1 is 0.971 bits per heavy atom. The lowest BCUT2D eigenvalue weighted by Gasteiger charge is -2.23. The first-order chi connectivity index (χ1) is 16.8. The predicted octanol–water partition coefficient (Wildman–Crippen LogP) is 4.98. The van der Waals surface area contributed by atoms with Gasteiger partial charge in [-0.3, -0.25) is 19.2 Å². The van der Waals surface area contributed by atoms with Gasteiger partial charge in [0.1, 0.15) is 0 Å². The van der Waals surface area contributed by atoms with Gasteiger partial charge < -0.3 is 4.74 Å². The molecule has 1 amide bonds. The summed E-state index contributed by atoms with van der Waals surface area (Å²) >= 11 is 1.40. The second-order valence-corrected chi connectivity index (χ2v) is 8.92. The highest BCUT2D eigenvalue weighted by atomic mass is 32.2. The third-order valence-electron chi connectivity index (χ3n) is 5.67. The average Bonchev–Trinajstić information content (AvgIpc) is 3.55. The molecule has 1 aliphatic heterocycles. The van der Waals surface area contributed by atoms with Crippen LogP contribution in [-0.4, -0.2) is 44.1 Å². The summed E-state index contributed by atoms with van der Waals surface area (Å²) in [5.41, 5.74) is 2.60. The maximum atomic E-state index is 13.5. The van der Waals surface area contributed by atoms with Crippen LogP contribution in [-0.2, 0) is 16.1 Å². The minimum atomic E-state index is -0.0282. The van der Waals surface area contributed by atoms with E-state index in [0.717, 1.165) is 42.2 Å². The smallest absolute Gasteiger partial charge is 0.242 e. The van der Waals surface area contributed by atoms with Crippen LogP contribution in [0.5, 0.6) is 0 Å². The number of carbonyl (C=O) groups excluding carboxylic acids is 1. The number of para-hydroxylation sites is 2. The normalized spacial score (nSPS) is 15.4. The monoisotopic (exact) mass is 471 g/mol. The molecular weight excluding hydrogens is 446 g/mol. The van der Waals surface area contributed by atoms with Crippen LogP contribution in [0.4, 0.5) is 11.4 Å². The van der Waals surface area contributed by atoms with E-state index in [4.69, 9.17) is 4.74 Å². The van der Waals surface area contributed by atoms with Gasteiger partial charge in [-0.25, -0.2) is 0 Å². The summed E-state index contributed by atoms with van der Waals surface area (Å²) < 4.78 is 7.95. The van der Waals surface area contributed by atoms with Crippen molar-refractivity contribution >= 4 is 29.0 Å². The van der Waals surface area contributed by atoms with Crippen molar-refractivity contribution < 1.29 is 9.53 Å². The molecule has 8 heteroatoms. The van der Waals surface area contributed by atoms with Gasteiger partial charge in [-0.05, 0) is 49.2 Å². The number of thioether (sulfide) groups is 1. The highest BCUT2D eigenvalue weighted by Crippen LogP contribution is 2.29. The number of pyridine rings is 1. The van der Waals surface area contributed by atoms with Gasteiger partial charge in [0.15, 0.2) is 11.0 Å². The zero-order valence-corrected chi connectivity index (χ0v) is 19.5. The molecule has 1 atom stereocenters. The van der Waals surface area contributed by atoms with Crippen LogP contribution in [0, 0.1) is 0 Å². The van der Waals surface area contributed by atoms with E-state index < -0.39 is 0 Å². The number of aromatic nitrogens is 4. The zero-order valence-electron chi connectivity index (χ0n) is 18.7. The summed E-state index contributed by atoms with van der Waals surface area (Å²) in [6, 6.07) is 23.2. The Hall–Kier alpha value is -3.49. The minimum Gasteiger partial charge on any atom is -0.376 e. The van der Waals surface area contributed by atoms with Crippen molar-refractivity contribution in [1.82, 2.24) is 19.7 Å². The third kappa shape index (κ3) is 5.03. The highest BCUT2D eigenvalue weighted by molar-refractivity contribution is 7.99. The molecule has 172 valence electrons. The number of hydrogen-bond donors (Lipinski definition) is 0. The molecule has 0 saturated carbocycles. The predicted molar refractivity (Wildman–Crippen MR) is 133 cm³/mol. The number of benzene rings is 2. The zero-order chi connectivity index (χ0) is 23.2. The van der Waals surface area contributed by atoms with Gasteiger partial charge >= 0.3 is 0 Å². The quantitative estimate of drug-likeness (QED) is 0.338. The molecule has 0 bridgehead atoms. The van der Waals surface area contributed by atoms with Gasteiger partial charge in [-0.2, -0.15) is 0 Å². The summed E-state index contributed by atoms with van der Waals surface area (Å²) in [6.45, 7) is 1.43. The van der Waals surface area contributed by atoms with E-state index in [1.165, 1.54) is 11.8 Å². The summed E-state index contributed by atoms with van der Waals surface area (Å²) in [5.74, 6) is 0.958. The lowest BCUT2D eigenvalue weighted by atomic mass is 10.2. The Labute approximate surface area is 202 Å². The summed E-state index contributed by atoms with van der Waals surface area (Å²) in [4.78, 5) is 19.3. The van der Waals surface area contributed by atoms with Crippen molar-refractivity contribution in [2.75, 3.05) is 17.3 Å². The molecule has 2 aromatic carbocycles. The number of carbonyl (C=O) groups is 1. The van der Waals surface area contributed by atoms with Crippen LogP contribution in [0.25, 0.3) is 11.4 Å². The Morgan fingerprint density at radius 3 is 2.26 bits per heavy atom. The van der Waals surface area contributed by atoms with Crippen LogP contribution in [0.2, 0.25) is 0 Å². The maximum Gasteiger partial charge on any atom is 0.242 e. The first-order valence-corrected chi connectivity index (χ1v) is 12.3. The van der Waals surface area contributed by atoms with Crippen molar-refractivity contribution in [3.63, 3.8) is 0 Å². The van der Waals surface area contributed by atoms with Gasteiger partial charge in [0, 0.05) is 35.9 Å². The van der Waals surface area contributed by atoms with Crippen LogP contribution < -0.4 is 4.90 Å². The molecule has 1 aliphatic rings. The van der Waals surface area contributed by atoms with Gasteiger partial charge in [0.2, 0.25) is 5.91 Å². The molecule has 0 radical (unpaired) electrons. The van der Waals surface area contributed by atoms with E-state index in [0.29, 0.717) is 11.7 Å². The minimum absolute atomic E-state index is 0.0282. The van der Waals surface area contributed by atoms with Crippen molar-refractivity contribution in [1.29, 1.82) is 0 Å². The first-order valence-electron chi connectivity index (χ1n) is 11.3. The number of rotatable bonds is 8. The molecule has 7 nitrogen and oxygen atoms in total. The number of amides is 1. The van der Waals surface area contributed by atoms with E-state index in [-0.39, 0.29) is 17.8 Å². The molecule has 0 unspecified atom stereocenters. The molecule has 0 N–H and O–H groups in total. The van der Waals surface area contributed by atoms with Crippen molar-refractivity contribution in [2.45, 2.75) is 30.6 Å². The summed E-state index contributed by atoms with van der Waals surface area (Å²) in [7, 11) is 0. The van der Waals surface area contributed by atoms with Gasteiger partial charge in [0.25, 0.3) is 0 Å². The number of anilines is 2.